The molecule has 0 saturated carbocycles. The number of rotatable bonds is 1. The van der Waals surface area contributed by atoms with Crippen LogP contribution in [0, 0.1) is 0 Å². The fourth-order valence-electron chi connectivity index (χ4n) is 0. The molecule has 4 nitrogen and oxygen atoms in total. The van der Waals surface area contributed by atoms with Gasteiger partial charge >= 0.3 is 50.9 Å². The van der Waals surface area contributed by atoms with Crippen molar-refractivity contribution in [3.8, 4) is 0 Å². The van der Waals surface area contributed by atoms with E-state index >= 15 is 0 Å². The van der Waals surface area contributed by atoms with Gasteiger partial charge in [0.15, 0.2) is 0 Å². The van der Waals surface area contributed by atoms with Gasteiger partial charge in [0.1, 0.15) is 0 Å². The Morgan fingerprint density at radius 1 is 1.67 bits per heavy atom. The first-order chi connectivity index (χ1) is 2.56. The van der Waals surface area contributed by atoms with Crippen LogP contribution >= 0.6 is 7.59 Å². The Morgan fingerprint density at radius 3 is 1.83 bits per heavy atom. The van der Waals surface area contributed by atoms with E-state index in [4.69, 9.17) is 11.0 Å². The average molecular weight is 208 g/mol. The minimum absolute atomic E-state index is 0.106. The van der Waals surface area contributed by atoms with Crippen LogP contribution in [0.1, 0.15) is 0 Å². The third-order valence-corrected chi connectivity index (χ3v) is 5.67. The molecule has 0 aliphatic carbocycles. The molecule has 6 heavy (non-hydrogen) atoms. The van der Waals surface area contributed by atoms with Crippen molar-refractivity contribution in [3.63, 3.8) is 0 Å². The van der Waals surface area contributed by atoms with Crippen LogP contribution in [0.2, 0.25) is 0 Å². The van der Waals surface area contributed by atoms with Crippen LogP contribution in [-0.2, 0) is 4.57 Å². The van der Waals surface area contributed by atoms with Gasteiger partial charge in [-0.25, -0.2) is 0 Å². The predicted molar refractivity (Wildman–Crippen MR) is 28.2 cm³/mol. The zero-order valence-electron chi connectivity index (χ0n) is 3.30. The molecule has 0 unspecified atom stereocenters. The number of hydrogen-bond donors (Lipinski definition) is 0. The Labute approximate surface area is 51.2 Å². The molecule has 0 rings (SSSR count). The zero-order chi connectivity index (χ0) is 5.21. The van der Waals surface area contributed by atoms with Crippen LogP contribution in [0.4, 0.5) is 0 Å². The Balaban J connectivity index is 3.48. The summed E-state index contributed by atoms with van der Waals surface area (Å²) in [5.74, 6) is 0. The van der Waals surface area contributed by atoms with Crippen molar-refractivity contribution in [1.82, 2.24) is 0 Å². The van der Waals surface area contributed by atoms with E-state index < -0.39 is 7.59 Å². The molecule has 0 saturated heterocycles. The van der Waals surface area contributed by atoms with E-state index in [0.29, 0.717) is 0 Å². The van der Waals surface area contributed by atoms with Crippen molar-refractivity contribution >= 4 is 32.3 Å². The molecule has 2 N–H and O–H groups in total. The molecule has 0 radical (unpaired) electrons. The summed E-state index contributed by atoms with van der Waals surface area (Å²) in [6.07, 6.45) is 0. The predicted octanol–water partition coefficient (Wildman–Crippen LogP) is 1.12. The number of nitrogens with one attached hydrogen (secondary N) is 2. The second-order valence-corrected chi connectivity index (χ2v) is 5.75. The molecule has 0 bridgehead atoms. The molecule has 0 aromatic rings. The molecule has 0 aromatic carbocycles. The van der Waals surface area contributed by atoms with Crippen LogP contribution in [0.3, 0.4) is 0 Å². The van der Waals surface area contributed by atoms with Crippen molar-refractivity contribution in [2.45, 2.75) is 0 Å². The molecule has 0 aromatic heterocycles. The van der Waals surface area contributed by atoms with Crippen LogP contribution < -0.4 is 0 Å². The first-order valence-electron chi connectivity index (χ1n) is 1.28. The zero-order valence-corrected chi connectivity index (χ0v) is 9.91. The standard InChI is InChI=1S/In.H2N3OP.2H/c;1-5(2,3)4;;/h;(H2-2,1,2,4);;/q;-3;;. The van der Waals surface area contributed by atoms with Crippen molar-refractivity contribution in [2.75, 3.05) is 0 Å². The van der Waals surface area contributed by atoms with Crippen molar-refractivity contribution in [3.05, 3.63) is 14.1 Å². The SMILES string of the molecule is [NH-]P([NH-])(=O)[N-][InH2]. The Hall–Kier alpha value is 0.980. The maximum absolute atomic E-state index is 9.80. The van der Waals surface area contributed by atoms with Crippen molar-refractivity contribution in [1.29, 1.82) is 0 Å². The van der Waals surface area contributed by atoms with Gasteiger partial charge in [-0.15, -0.1) is 0 Å². The van der Waals surface area contributed by atoms with Gasteiger partial charge in [0, 0.05) is 0 Å². The molecule has 36 valence electrons. The van der Waals surface area contributed by atoms with Crippen LogP contribution in [0.15, 0.2) is 0 Å². The molecule has 0 spiro atoms. The van der Waals surface area contributed by atoms with E-state index in [1.54, 1.807) is 0 Å². The van der Waals surface area contributed by atoms with Crippen molar-refractivity contribution in [2.24, 2.45) is 0 Å². The van der Waals surface area contributed by atoms with Gasteiger partial charge in [-0.2, -0.15) is 0 Å². The first-order valence-corrected chi connectivity index (χ1v) is 5.49. The first kappa shape index (κ1) is 6.98. The normalized spacial score (nSPS) is 11.7. The molecule has 0 amide bonds. The van der Waals surface area contributed by atoms with Gasteiger partial charge in [0.05, 0.1) is 0 Å². The fraction of sp³-hybridized carbons (Fsp3) is 0. The summed E-state index contributed by atoms with van der Waals surface area (Å²) in [7, 11) is -3.43. The van der Waals surface area contributed by atoms with Crippen LogP contribution in [0.25, 0.3) is 14.1 Å². The molecule has 0 atom stereocenters. The second kappa shape index (κ2) is 2.33. The summed E-state index contributed by atoms with van der Waals surface area (Å²) >= 11 is -0.106. The Bertz CT molecular complexity index is 74.9. The van der Waals surface area contributed by atoms with Gasteiger partial charge < -0.3 is 0 Å². The van der Waals surface area contributed by atoms with Gasteiger partial charge in [0.2, 0.25) is 0 Å². The van der Waals surface area contributed by atoms with Crippen molar-refractivity contribution < 1.29 is 4.57 Å². The van der Waals surface area contributed by atoms with Crippen LogP contribution in [0.5, 0.6) is 0 Å². The third-order valence-electron chi connectivity index (χ3n) is 0.282. The summed E-state index contributed by atoms with van der Waals surface area (Å²) in [4.78, 5) is 0. The monoisotopic (exact) mass is 208 g/mol. The van der Waals surface area contributed by atoms with E-state index in [-0.39, 0.29) is 24.7 Å². The molecule has 0 aliphatic heterocycles. The van der Waals surface area contributed by atoms with Gasteiger partial charge in [0.25, 0.3) is 0 Å². The number of nitrogens with zero attached hydrogens (tertiary/aromatic N) is 1. The number of hydrogen-bond acceptors (Lipinski definition) is 1. The van der Waals surface area contributed by atoms with E-state index in [0.717, 1.165) is 0 Å². The van der Waals surface area contributed by atoms with E-state index in [1.807, 2.05) is 0 Å². The summed E-state index contributed by atoms with van der Waals surface area (Å²) in [5.41, 5.74) is 12.6. The van der Waals surface area contributed by atoms with E-state index in [9.17, 15) is 4.57 Å². The fourth-order valence-corrected chi connectivity index (χ4v) is 0. The van der Waals surface area contributed by atoms with Crippen LogP contribution in [-0.4, -0.2) is 24.7 Å². The van der Waals surface area contributed by atoms with Gasteiger partial charge in [-0.05, 0) is 0 Å². The molecule has 0 fully saturated rings. The summed E-state index contributed by atoms with van der Waals surface area (Å²) in [6, 6.07) is 0. The maximum atomic E-state index is 9.80. The molecule has 0 heterocycles. The third kappa shape index (κ3) is 4.98. The molecule has 0 aliphatic rings. The van der Waals surface area contributed by atoms with E-state index in [2.05, 4.69) is 3.07 Å². The Kier molecular flexibility index (Phi) is 2.71. The second-order valence-electron chi connectivity index (χ2n) is 0.776. The van der Waals surface area contributed by atoms with Gasteiger partial charge in [-0.3, -0.25) is 0 Å². The molecular formula is H4InN3OP-3. The summed E-state index contributed by atoms with van der Waals surface area (Å²) in [6.45, 7) is 0. The molecular weight excluding hydrogens is 204 g/mol. The van der Waals surface area contributed by atoms with E-state index in [1.165, 1.54) is 0 Å². The minimum atomic E-state index is -3.43. The molecule has 6 heteroatoms. The quantitative estimate of drug-likeness (QED) is 0.594. The van der Waals surface area contributed by atoms with Gasteiger partial charge in [-0.1, -0.05) is 0 Å². The Morgan fingerprint density at radius 2 is 1.83 bits per heavy atom. The average Bonchev–Trinajstić information content (AvgIpc) is 1.35. The topological polar surface area (TPSA) is 78.8 Å². The summed E-state index contributed by atoms with van der Waals surface area (Å²) in [5, 5.41) is 0. The summed E-state index contributed by atoms with van der Waals surface area (Å²) < 4.78 is 12.9.